The zero-order valence-corrected chi connectivity index (χ0v) is 14.2. The summed E-state index contributed by atoms with van der Waals surface area (Å²) >= 11 is 0. The smallest absolute Gasteiger partial charge is 0.449 e. The van der Waals surface area contributed by atoms with Crippen molar-refractivity contribution in [1.82, 2.24) is 9.55 Å². The number of carbonyl (C=O) groups is 2. The lowest BCUT2D eigenvalue weighted by Crippen LogP contribution is -2.24. The third kappa shape index (κ3) is 4.45. The van der Waals surface area contributed by atoms with Crippen LogP contribution in [0.15, 0.2) is 48.5 Å². The van der Waals surface area contributed by atoms with Gasteiger partial charge in [-0.05, 0) is 30.3 Å². The minimum atomic E-state index is -4.77. The number of benzene rings is 2. The molecule has 0 unspecified atom stereocenters. The van der Waals surface area contributed by atoms with Gasteiger partial charge in [0, 0.05) is 5.69 Å². The van der Waals surface area contributed by atoms with Crippen molar-refractivity contribution >= 4 is 28.6 Å². The molecule has 6 nitrogen and oxygen atoms in total. The Balaban J connectivity index is 1.67. The number of anilines is 1. The van der Waals surface area contributed by atoms with Gasteiger partial charge in [0.2, 0.25) is 5.82 Å². The zero-order valence-electron chi connectivity index (χ0n) is 14.2. The first-order valence-electron chi connectivity index (χ1n) is 7.97. The molecule has 1 amide bonds. The number of amides is 1. The maximum atomic E-state index is 13.2. The minimum Gasteiger partial charge on any atom is -0.454 e. The van der Waals surface area contributed by atoms with E-state index in [0.717, 1.165) is 6.07 Å². The molecule has 0 atom stereocenters. The van der Waals surface area contributed by atoms with E-state index in [1.807, 2.05) is 0 Å². The summed E-state index contributed by atoms with van der Waals surface area (Å²) < 4.78 is 58.1. The molecule has 0 saturated carbocycles. The highest BCUT2D eigenvalue weighted by Crippen LogP contribution is 2.31. The number of aromatic nitrogens is 2. The van der Waals surface area contributed by atoms with Gasteiger partial charge < -0.3 is 14.6 Å². The second kappa shape index (κ2) is 7.67. The van der Waals surface area contributed by atoms with Gasteiger partial charge in [0.05, 0.1) is 11.0 Å². The van der Waals surface area contributed by atoms with Crippen molar-refractivity contribution in [1.29, 1.82) is 0 Å². The molecule has 28 heavy (non-hydrogen) atoms. The Morgan fingerprint density at radius 1 is 1.11 bits per heavy atom. The summed E-state index contributed by atoms with van der Waals surface area (Å²) in [5.74, 6) is -3.62. The molecule has 0 aliphatic carbocycles. The Bertz CT molecular complexity index is 1030. The summed E-state index contributed by atoms with van der Waals surface area (Å²) in [4.78, 5) is 27.2. The molecule has 146 valence electrons. The monoisotopic (exact) mass is 395 g/mol. The fourth-order valence-electron chi connectivity index (χ4n) is 2.54. The molecule has 1 heterocycles. The van der Waals surface area contributed by atoms with Gasteiger partial charge in [0.15, 0.2) is 6.61 Å². The molecule has 0 bridgehead atoms. The Hall–Kier alpha value is -3.43. The molecule has 3 rings (SSSR count). The first kappa shape index (κ1) is 19.3. The van der Waals surface area contributed by atoms with Crippen molar-refractivity contribution in [3.05, 3.63) is 60.2 Å². The number of hydrogen-bond acceptors (Lipinski definition) is 4. The SMILES string of the molecule is O=C(COC(=O)Cn1c(C(F)(F)F)nc2ccccc21)Nc1cccc(F)c1. The van der Waals surface area contributed by atoms with E-state index in [1.165, 1.54) is 42.5 Å². The summed E-state index contributed by atoms with van der Waals surface area (Å²) in [6.45, 7) is -1.51. The number of carbonyl (C=O) groups excluding carboxylic acids is 2. The number of alkyl halides is 3. The van der Waals surface area contributed by atoms with Crippen molar-refractivity contribution < 1.29 is 31.9 Å². The molecule has 10 heteroatoms. The summed E-state index contributed by atoms with van der Waals surface area (Å²) in [5, 5.41) is 2.31. The van der Waals surface area contributed by atoms with E-state index in [-0.39, 0.29) is 16.7 Å². The van der Waals surface area contributed by atoms with Crippen LogP contribution in [-0.4, -0.2) is 28.0 Å². The van der Waals surface area contributed by atoms with Gasteiger partial charge in [0.1, 0.15) is 12.4 Å². The average Bonchev–Trinajstić information content (AvgIpc) is 2.99. The van der Waals surface area contributed by atoms with Crippen molar-refractivity contribution in [3.8, 4) is 0 Å². The number of nitrogens with one attached hydrogen (secondary N) is 1. The van der Waals surface area contributed by atoms with Crippen molar-refractivity contribution in [3.63, 3.8) is 0 Å². The van der Waals surface area contributed by atoms with Crippen LogP contribution in [0.1, 0.15) is 5.82 Å². The van der Waals surface area contributed by atoms with Gasteiger partial charge in [-0.3, -0.25) is 9.59 Å². The van der Waals surface area contributed by atoms with E-state index in [4.69, 9.17) is 4.74 Å². The fourth-order valence-corrected chi connectivity index (χ4v) is 2.54. The van der Waals surface area contributed by atoms with Gasteiger partial charge in [-0.25, -0.2) is 9.37 Å². The predicted octanol–water partition coefficient (Wildman–Crippen LogP) is 3.38. The molecule has 1 aromatic heterocycles. The molecule has 0 spiro atoms. The van der Waals surface area contributed by atoms with E-state index in [0.29, 0.717) is 4.57 Å². The first-order chi connectivity index (χ1) is 13.2. The van der Waals surface area contributed by atoms with E-state index in [1.54, 1.807) is 0 Å². The van der Waals surface area contributed by atoms with Crippen molar-refractivity contribution in [2.24, 2.45) is 0 Å². The summed E-state index contributed by atoms with van der Waals surface area (Å²) in [6, 6.07) is 10.9. The molecule has 0 aliphatic rings. The van der Waals surface area contributed by atoms with Crippen LogP contribution < -0.4 is 5.32 Å². The number of halogens is 4. The van der Waals surface area contributed by atoms with Gasteiger partial charge in [-0.2, -0.15) is 13.2 Å². The number of esters is 1. The van der Waals surface area contributed by atoms with Gasteiger partial charge in [-0.15, -0.1) is 0 Å². The van der Waals surface area contributed by atoms with E-state index < -0.39 is 42.8 Å². The Morgan fingerprint density at radius 2 is 1.86 bits per heavy atom. The number of ether oxygens (including phenoxy) is 1. The highest BCUT2D eigenvalue weighted by Gasteiger charge is 2.38. The lowest BCUT2D eigenvalue weighted by atomic mass is 10.3. The maximum absolute atomic E-state index is 13.2. The standard InChI is InChI=1S/C18H13F4N3O3/c19-11-4-3-5-12(8-11)23-15(26)10-28-16(27)9-25-14-7-2-1-6-13(14)24-17(25)18(20,21)22/h1-8H,9-10H2,(H,23,26). The highest BCUT2D eigenvalue weighted by molar-refractivity contribution is 5.92. The van der Waals surface area contributed by atoms with Crippen LogP contribution in [0.5, 0.6) is 0 Å². The normalized spacial score (nSPS) is 11.4. The average molecular weight is 395 g/mol. The summed E-state index contributed by atoms with van der Waals surface area (Å²) in [7, 11) is 0. The van der Waals surface area contributed by atoms with Gasteiger partial charge >= 0.3 is 12.1 Å². The lowest BCUT2D eigenvalue weighted by molar-refractivity contribution is -0.152. The largest absolute Gasteiger partial charge is 0.454 e. The quantitative estimate of drug-likeness (QED) is 0.531. The maximum Gasteiger partial charge on any atom is 0.449 e. The summed E-state index contributed by atoms with van der Waals surface area (Å²) in [5.41, 5.74) is 0.337. The highest BCUT2D eigenvalue weighted by atomic mass is 19.4. The molecule has 2 aromatic carbocycles. The van der Waals surface area contributed by atoms with Crippen LogP contribution in [0.3, 0.4) is 0 Å². The molecule has 0 radical (unpaired) electrons. The van der Waals surface area contributed by atoms with Gasteiger partial charge in [-0.1, -0.05) is 18.2 Å². The molecule has 1 N–H and O–H groups in total. The Kier molecular flexibility index (Phi) is 5.30. The number of imidazole rings is 1. The third-order valence-corrected chi connectivity index (χ3v) is 3.67. The zero-order chi connectivity index (χ0) is 20.3. The van der Waals surface area contributed by atoms with Crippen LogP contribution in [0, 0.1) is 5.82 Å². The molecule has 3 aromatic rings. The van der Waals surface area contributed by atoms with Crippen LogP contribution in [0.25, 0.3) is 11.0 Å². The molecular weight excluding hydrogens is 382 g/mol. The second-order valence-electron chi connectivity index (χ2n) is 5.73. The topological polar surface area (TPSA) is 73.2 Å². The van der Waals surface area contributed by atoms with E-state index >= 15 is 0 Å². The van der Waals surface area contributed by atoms with Crippen LogP contribution in [0.4, 0.5) is 23.2 Å². The van der Waals surface area contributed by atoms with Crippen molar-refractivity contribution in [2.45, 2.75) is 12.7 Å². The lowest BCUT2D eigenvalue weighted by Gasteiger charge is -2.11. The number of fused-ring (bicyclic) bond motifs is 1. The molecule has 0 fully saturated rings. The number of nitrogens with zero attached hydrogens (tertiary/aromatic N) is 2. The fraction of sp³-hybridized carbons (Fsp3) is 0.167. The first-order valence-corrected chi connectivity index (χ1v) is 7.97. The second-order valence-corrected chi connectivity index (χ2v) is 5.73. The van der Waals surface area contributed by atoms with E-state index in [2.05, 4.69) is 10.3 Å². The van der Waals surface area contributed by atoms with Gasteiger partial charge in [0.25, 0.3) is 5.91 Å². The molecule has 0 saturated heterocycles. The predicted molar refractivity (Wildman–Crippen MR) is 90.7 cm³/mol. The summed E-state index contributed by atoms with van der Waals surface area (Å²) in [6.07, 6.45) is -4.77. The Labute approximate surface area is 155 Å². The van der Waals surface area contributed by atoms with Crippen molar-refractivity contribution in [2.75, 3.05) is 11.9 Å². The number of para-hydroxylation sites is 2. The van der Waals surface area contributed by atoms with E-state index in [9.17, 15) is 27.2 Å². The van der Waals surface area contributed by atoms with Crippen LogP contribution in [0.2, 0.25) is 0 Å². The number of hydrogen-bond donors (Lipinski definition) is 1. The molecule has 0 aliphatic heterocycles. The third-order valence-electron chi connectivity index (χ3n) is 3.67. The number of rotatable bonds is 5. The molecular formula is C18H13F4N3O3. The Morgan fingerprint density at radius 3 is 2.57 bits per heavy atom. The van der Waals surface area contributed by atoms with Crippen LogP contribution in [-0.2, 0) is 27.0 Å². The van der Waals surface area contributed by atoms with Crippen LogP contribution >= 0.6 is 0 Å². The minimum absolute atomic E-state index is 0.0754.